The minimum atomic E-state index is 0.00886. The van der Waals surface area contributed by atoms with Crippen molar-refractivity contribution in [3.8, 4) is 11.5 Å². The van der Waals surface area contributed by atoms with E-state index in [1.54, 1.807) is 14.2 Å². The fraction of sp³-hybridized carbons (Fsp3) is 0.355. The summed E-state index contributed by atoms with van der Waals surface area (Å²) in [5.74, 6) is 1.48. The molecule has 2 N–H and O–H groups in total. The van der Waals surface area contributed by atoms with Gasteiger partial charge in [-0.1, -0.05) is 66.7 Å². The summed E-state index contributed by atoms with van der Waals surface area (Å²) in [6, 6.07) is 24.3. The van der Waals surface area contributed by atoms with Crippen molar-refractivity contribution in [1.82, 2.24) is 10.6 Å². The van der Waals surface area contributed by atoms with Crippen molar-refractivity contribution < 1.29 is 19.1 Å². The molecule has 0 aliphatic carbocycles. The first-order valence-electron chi connectivity index (χ1n) is 12.9. The molecular formula is C31H38N2O4. The Morgan fingerprint density at radius 1 is 0.676 bits per heavy atom. The van der Waals surface area contributed by atoms with E-state index >= 15 is 0 Å². The molecular weight excluding hydrogens is 464 g/mol. The average molecular weight is 503 g/mol. The number of benzene rings is 3. The molecule has 0 aromatic heterocycles. The lowest BCUT2D eigenvalue weighted by Crippen LogP contribution is -2.26. The predicted molar refractivity (Wildman–Crippen MR) is 147 cm³/mol. The molecule has 0 saturated heterocycles. The van der Waals surface area contributed by atoms with Crippen LogP contribution in [0.4, 0.5) is 0 Å². The van der Waals surface area contributed by atoms with Gasteiger partial charge in [-0.2, -0.15) is 0 Å². The van der Waals surface area contributed by atoms with Gasteiger partial charge in [0.25, 0.3) is 0 Å². The molecule has 2 amide bonds. The van der Waals surface area contributed by atoms with E-state index in [-0.39, 0.29) is 11.8 Å². The molecule has 0 aliphatic rings. The quantitative estimate of drug-likeness (QED) is 0.291. The topological polar surface area (TPSA) is 76.7 Å². The SMILES string of the molecule is COc1ccc(CCNC(=O)CCCCC(=O)NCCc2ccccc2)c(Cc2ccccc2)c1OC. The van der Waals surface area contributed by atoms with Crippen molar-refractivity contribution in [2.75, 3.05) is 27.3 Å². The van der Waals surface area contributed by atoms with Crippen molar-refractivity contribution in [3.05, 3.63) is 95.1 Å². The first kappa shape index (κ1) is 27.8. The summed E-state index contributed by atoms with van der Waals surface area (Å²) in [4.78, 5) is 24.4. The monoisotopic (exact) mass is 502 g/mol. The summed E-state index contributed by atoms with van der Waals surface area (Å²) >= 11 is 0. The standard InChI is InChI=1S/C31H38N2O4/c1-36-28-18-17-26(27(31(28)37-2)23-25-13-7-4-8-14-25)20-22-33-30(35)16-10-9-15-29(34)32-21-19-24-11-5-3-6-12-24/h3-8,11-14,17-18H,9-10,15-16,19-23H2,1-2H3,(H,32,34)(H,33,35). The molecule has 0 aliphatic heterocycles. The van der Waals surface area contributed by atoms with Crippen LogP contribution in [0, 0.1) is 0 Å². The summed E-state index contributed by atoms with van der Waals surface area (Å²) in [5.41, 5.74) is 4.58. The molecule has 0 radical (unpaired) electrons. The van der Waals surface area contributed by atoms with E-state index in [1.807, 2.05) is 48.5 Å². The summed E-state index contributed by atoms with van der Waals surface area (Å²) in [6.45, 7) is 1.17. The average Bonchev–Trinajstić information content (AvgIpc) is 2.92. The highest BCUT2D eigenvalue weighted by molar-refractivity contribution is 5.77. The van der Waals surface area contributed by atoms with Crippen molar-refractivity contribution in [2.45, 2.75) is 44.9 Å². The van der Waals surface area contributed by atoms with Crippen LogP contribution in [0.1, 0.15) is 47.9 Å². The minimum Gasteiger partial charge on any atom is -0.493 e. The van der Waals surface area contributed by atoms with Crippen molar-refractivity contribution in [2.24, 2.45) is 0 Å². The van der Waals surface area contributed by atoms with Crippen LogP contribution in [0.2, 0.25) is 0 Å². The van der Waals surface area contributed by atoms with Crippen LogP contribution in [0.5, 0.6) is 11.5 Å². The summed E-state index contributed by atoms with van der Waals surface area (Å²) in [6.07, 6.45) is 4.48. The number of carbonyl (C=O) groups excluding carboxylic acids is 2. The van der Waals surface area contributed by atoms with E-state index in [0.29, 0.717) is 50.9 Å². The Morgan fingerprint density at radius 2 is 1.24 bits per heavy atom. The molecule has 3 aromatic carbocycles. The Morgan fingerprint density at radius 3 is 1.81 bits per heavy atom. The highest BCUT2D eigenvalue weighted by Gasteiger charge is 2.16. The largest absolute Gasteiger partial charge is 0.493 e. The Labute approximate surface area is 220 Å². The molecule has 6 heteroatoms. The summed E-state index contributed by atoms with van der Waals surface area (Å²) in [5, 5.41) is 5.97. The zero-order valence-corrected chi connectivity index (χ0v) is 21.9. The highest BCUT2D eigenvalue weighted by Crippen LogP contribution is 2.35. The van der Waals surface area contributed by atoms with E-state index < -0.39 is 0 Å². The minimum absolute atomic E-state index is 0.00886. The lowest BCUT2D eigenvalue weighted by Gasteiger charge is -2.17. The first-order chi connectivity index (χ1) is 18.1. The van der Waals surface area contributed by atoms with Crippen LogP contribution in [0.3, 0.4) is 0 Å². The fourth-order valence-corrected chi connectivity index (χ4v) is 4.34. The number of unbranched alkanes of at least 4 members (excludes halogenated alkanes) is 1. The third-order valence-electron chi connectivity index (χ3n) is 6.32. The van der Waals surface area contributed by atoms with Gasteiger partial charge in [0.15, 0.2) is 11.5 Å². The maximum Gasteiger partial charge on any atom is 0.220 e. The highest BCUT2D eigenvalue weighted by atomic mass is 16.5. The Bertz CT molecular complexity index is 1120. The molecule has 196 valence electrons. The van der Waals surface area contributed by atoms with E-state index in [2.05, 4.69) is 34.9 Å². The van der Waals surface area contributed by atoms with Gasteiger partial charge in [-0.3, -0.25) is 9.59 Å². The van der Waals surface area contributed by atoms with Crippen LogP contribution >= 0.6 is 0 Å². The first-order valence-corrected chi connectivity index (χ1v) is 12.9. The van der Waals surface area contributed by atoms with Gasteiger partial charge in [-0.25, -0.2) is 0 Å². The van der Waals surface area contributed by atoms with Gasteiger partial charge >= 0.3 is 0 Å². The zero-order valence-electron chi connectivity index (χ0n) is 21.9. The molecule has 0 atom stereocenters. The normalized spacial score (nSPS) is 10.5. The number of amides is 2. The molecule has 6 nitrogen and oxygen atoms in total. The van der Waals surface area contributed by atoms with Crippen LogP contribution in [0.25, 0.3) is 0 Å². The smallest absolute Gasteiger partial charge is 0.220 e. The number of ether oxygens (including phenoxy) is 2. The number of hydrogen-bond donors (Lipinski definition) is 2. The third kappa shape index (κ3) is 9.30. The van der Waals surface area contributed by atoms with Gasteiger partial charge in [-0.15, -0.1) is 0 Å². The Kier molecular flexibility index (Phi) is 11.5. The number of hydrogen-bond acceptors (Lipinski definition) is 4. The van der Waals surface area contributed by atoms with Gasteiger partial charge in [-0.05, 0) is 48.4 Å². The van der Waals surface area contributed by atoms with Crippen molar-refractivity contribution >= 4 is 11.8 Å². The third-order valence-corrected chi connectivity index (χ3v) is 6.32. The van der Waals surface area contributed by atoms with E-state index in [4.69, 9.17) is 9.47 Å². The lowest BCUT2D eigenvalue weighted by atomic mass is 9.96. The number of carbonyl (C=O) groups is 2. The second-order valence-electron chi connectivity index (χ2n) is 8.99. The Hall–Kier alpha value is -3.80. The van der Waals surface area contributed by atoms with E-state index in [9.17, 15) is 9.59 Å². The lowest BCUT2D eigenvalue weighted by molar-refractivity contribution is -0.123. The van der Waals surface area contributed by atoms with Crippen LogP contribution in [-0.4, -0.2) is 39.1 Å². The molecule has 0 spiro atoms. The molecule has 3 rings (SSSR count). The summed E-state index contributed by atoms with van der Waals surface area (Å²) < 4.78 is 11.2. The molecule has 37 heavy (non-hydrogen) atoms. The molecule has 0 saturated carbocycles. The second-order valence-corrected chi connectivity index (χ2v) is 8.99. The number of rotatable bonds is 15. The number of nitrogens with one attached hydrogen (secondary N) is 2. The van der Waals surface area contributed by atoms with Gasteiger partial charge in [0.1, 0.15) is 0 Å². The van der Waals surface area contributed by atoms with Crippen LogP contribution in [0.15, 0.2) is 72.8 Å². The fourth-order valence-electron chi connectivity index (χ4n) is 4.34. The van der Waals surface area contributed by atoms with Crippen LogP contribution < -0.4 is 20.1 Å². The summed E-state index contributed by atoms with van der Waals surface area (Å²) in [7, 11) is 3.29. The van der Waals surface area contributed by atoms with Gasteiger partial charge < -0.3 is 20.1 Å². The maximum atomic E-state index is 12.3. The van der Waals surface area contributed by atoms with Crippen LogP contribution in [-0.2, 0) is 28.9 Å². The Balaban J connectivity index is 1.39. The second kappa shape index (κ2) is 15.3. The van der Waals surface area contributed by atoms with Gasteiger partial charge in [0.2, 0.25) is 11.8 Å². The van der Waals surface area contributed by atoms with E-state index in [0.717, 1.165) is 29.7 Å². The molecule has 3 aromatic rings. The molecule has 0 heterocycles. The zero-order chi connectivity index (χ0) is 26.3. The number of methoxy groups -OCH3 is 2. The predicted octanol–water partition coefficient (Wildman–Crippen LogP) is 4.87. The molecule has 0 bridgehead atoms. The van der Waals surface area contributed by atoms with Crippen molar-refractivity contribution in [1.29, 1.82) is 0 Å². The van der Waals surface area contributed by atoms with Crippen molar-refractivity contribution in [3.63, 3.8) is 0 Å². The van der Waals surface area contributed by atoms with E-state index in [1.165, 1.54) is 11.1 Å². The maximum absolute atomic E-state index is 12.3. The van der Waals surface area contributed by atoms with Gasteiger partial charge in [0, 0.05) is 37.9 Å². The molecule has 0 fully saturated rings. The molecule has 0 unspecified atom stereocenters. The van der Waals surface area contributed by atoms with Gasteiger partial charge in [0.05, 0.1) is 14.2 Å².